The van der Waals surface area contributed by atoms with Gasteiger partial charge in [-0.15, -0.1) is 0 Å². The third-order valence-corrected chi connectivity index (χ3v) is 4.55. The molecule has 2 aromatic carbocycles. The van der Waals surface area contributed by atoms with Crippen LogP contribution in [0.15, 0.2) is 42.5 Å². The van der Waals surface area contributed by atoms with Gasteiger partial charge in [0.1, 0.15) is 11.6 Å². The van der Waals surface area contributed by atoms with Crippen LogP contribution in [0.5, 0.6) is 5.75 Å². The summed E-state index contributed by atoms with van der Waals surface area (Å²) in [5.74, 6) is 0.392. The van der Waals surface area contributed by atoms with E-state index in [0.717, 1.165) is 24.3 Å². The molecule has 0 spiro atoms. The van der Waals surface area contributed by atoms with E-state index >= 15 is 0 Å². The smallest absolute Gasteiger partial charge is 0.260 e. The minimum Gasteiger partial charge on any atom is -0.483 e. The number of aryl methyl sites for hydroxylation is 1. The standard InChI is InChI=1S/C19H20ClFN2O2/c1-14-12-15(20)2-7-18(14)25-13-19(24)23-10-8-22(9-11-23)17-5-3-16(21)4-6-17/h2-7,12H,8-11,13H2,1H3. The average Bonchev–Trinajstić information content (AvgIpc) is 2.61. The van der Waals surface area contributed by atoms with Crippen molar-refractivity contribution < 1.29 is 13.9 Å². The Bertz CT molecular complexity index is 744. The van der Waals surface area contributed by atoms with Gasteiger partial charge in [-0.25, -0.2) is 4.39 Å². The number of carbonyl (C=O) groups excluding carboxylic acids is 1. The third-order valence-electron chi connectivity index (χ3n) is 4.31. The molecule has 6 heteroatoms. The molecule has 0 radical (unpaired) electrons. The molecule has 4 nitrogen and oxygen atoms in total. The predicted molar refractivity (Wildman–Crippen MR) is 96.9 cm³/mol. The zero-order valence-electron chi connectivity index (χ0n) is 14.0. The van der Waals surface area contributed by atoms with Crippen molar-refractivity contribution in [1.82, 2.24) is 4.90 Å². The highest BCUT2D eigenvalue weighted by Crippen LogP contribution is 2.22. The van der Waals surface area contributed by atoms with Crippen LogP contribution >= 0.6 is 11.6 Å². The number of carbonyl (C=O) groups is 1. The quantitative estimate of drug-likeness (QED) is 0.834. The summed E-state index contributed by atoms with van der Waals surface area (Å²) in [4.78, 5) is 16.3. The maximum absolute atomic E-state index is 13.0. The topological polar surface area (TPSA) is 32.8 Å². The van der Waals surface area contributed by atoms with Crippen molar-refractivity contribution in [3.05, 3.63) is 58.9 Å². The molecule has 132 valence electrons. The Hall–Kier alpha value is -2.27. The highest BCUT2D eigenvalue weighted by molar-refractivity contribution is 6.30. The number of anilines is 1. The Kier molecular flexibility index (Phi) is 5.43. The molecule has 25 heavy (non-hydrogen) atoms. The summed E-state index contributed by atoms with van der Waals surface area (Å²) in [7, 11) is 0. The fourth-order valence-corrected chi connectivity index (χ4v) is 3.10. The molecule has 1 aliphatic heterocycles. The van der Waals surface area contributed by atoms with E-state index in [-0.39, 0.29) is 18.3 Å². The molecule has 0 aromatic heterocycles. The number of halogens is 2. The van der Waals surface area contributed by atoms with Gasteiger partial charge in [-0.1, -0.05) is 11.6 Å². The fraction of sp³-hybridized carbons (Fsp3) is 0.316. The van der Waals surface area contributed by atoms with Gasteiger partial charge in [0.05, 0.1) is 0 Å². The molecule has 0 saturated carbocycles. The Labute approximate surface area is 151 Å². The first-order chi connectivity index (χ1) is 12.0. The lowest BCUT2D eigenvalue weighted by atomic mass is 10.2. The second-order valence-corrected chi connectivity index (χ2v) is 6.48. The molecule has 3 rings (SSSR count). The first-order valence-electron chi connectivity index (χ1n) is 8.20. The Morgan fingerprint density at radius 3 is 2.44 bits per heavy atom. The third kappa shape index (κ3) is 4.42. The van der Waals surface area contributed by atoms with Gasteiger partial charge in [-0.2, -0.15) is 0 Å². The van der Waals surface area contributed by atoms with Crippen molar-refractivity contribution in [2.24, 2.45) is 0 Å². The maximum atomic E-state index is 13.0. The molecule has 0 aliphatic carbocycles. The fourth-order valence-electron chi connectivity index (χ4n) is 2.87. The van der Waals surface area contributed by atoms with Crippen LogP contribution in [0, 0.1) is 12.7 Å². The van der Waals surface area contributed by atoms with Crippen LogP contribution in [0.25, 0.3) is 0 Å². The first-order valence-corrected chi connectivity index (χ1v) is 8.58. The van der Waals surface area contributed by atoms with E-state index in [9.17, 15) is 9.18 Å². The van der Waals surface area contributed by atoms with Crippen LogP contribution in [0.4, 0.5) is 10.1 Å². The lowest BCUT2D eigenvalue weighted by Gasteiger charge is -2.36. The van der Waals surface area contributed by atoms with Gasteiger partial charge in [0.15, 0.2) is 6.61 Å². The Balaban J connectivity index is 1.50. The van der Waals surface area contributed by atoms with Crippen LogP contribution in [0.3, 0.4) is 0 Å². The van der Waals surface area contributed by atoms with Gasteiger partial charge in [0, 0.05) is 36.9 Å². The molecule has 1 saturated heterocycles. The molecule has 1 fully saturated rings. The van der Waals surface area contributed by atoms with E-state index in [2.05, 4.69) is 4.90 Å². The maximum Gasteiger partial charge on any atom is 0.260 e. The lowest BCUT2D eigenvalue weighted by molar-refractivity contribution is -0.133. The highest BCUT2D eigenvalue weighted by atomic mass is 35.5. The van der Waals surface area contributed by atoms with Gasteiger partial charge >= 0.3 is 0 Å². The summed E-state index contributed by atoms with van der Waals surface area (Å²) in [6, 6.07) is 11.8. The van der Waals surface area contributed by atoms with Gasteiger partial charge in [-0.05, 0) is 55.0 Å². The van der Waals surface area contributed by atoms with Crippen molar-refractivity contribution in [2.75, 3.05) is 37.7 Å². The van der Waals surface area contributed by atoms with Gasteiger partial charge < -0.3 is 14.5 Å². The lowest BCUT2D eigenvalue weighted by Crippen LogP contribution is -2.50. The van der Waals surface area contributed by atoms with E-state index in [1.807, 2.05) is 13.0 Å². The summed E-state index contributed by atoms with van der Waals surface area (Å²) < 4.78 is 18.6. The zero-order chi connectivity index (χ0) is 17.8. The van der Waals surface area contributed by atoms with Crippen LogP contribution in [-0.2, 0) is 4.79 Å². The monoisotopic (exact) mass is 362 g/mol. The van der Waals surface area contributed by atoms with Gasteiger partial charge in [0.25, 0.3) is 5.91 Å². The van der Waals surface area contributed by atoms with Crippen LogP contribution in [-0.4, -0.2) is 43.6 Å². The summed E-state index contributed by atoms with van der Waals surface area (Å²) in [5.41, 5.74) is 1.88. The minimum absolute atomic E-state index is 0.0129. The van der Waals surface area contributed by atoms with Crippen molar-refractivity contribution in [2.45, 2.75) is 6.92 Å². The van der Waals surface area contributed by atoms with E-state index in [4.69, 9.17) is 16.3 Å². The van der Waals surface area contributed by atoms with Crippen LogP contribution in [0.2, 0.25) is 5.02 Å². The number of ether oxygens (including phenoxy) is 1. The van der Waals surface area contributed by atoms with Crippen molar-refractivity contribution in [3.8, 4) is 5.75 Å². The second-order valence-electron chi connectivity index (χ2n) is 6.04. The van der Waals surface area contributed by atoms with Gasteiger partial charge in [0.2, 0.25) is 0 Å². The molecule has 1 aliphatic rings. The SMILES string of the molecule is Cc1cc(Cl)ccc1OCC(=O)N1CCN(c2ccc(F)cc2)CC1. The first kappa shape index (κ1) is 17.5. The number of hydrogen-bond donors (Lipinski definition) is 0. The molecule has 0 bridgehead atoms. The molecule has 0 N–H and O–H groups in total. The number of rotatable bonds is 4. The second kappa shape index (κ2) is 7.74. The normalized spacial score (nSPS) is 14.5. The molecule has 2 aromatic rings. The summed E-state index contributed by atoms with van der Waals surface area (Å²) in [6.07, 6.45) is 0. The van der Waals surface area contributed by atoms with E-state index in [1.54, 1.807) is 29.2 Å². The highest BCUT2D eigenvalue weighted by Gasteiger charge is 2.21. The molecular formula is C19H20ClFN2O2. The van der Waals surface area contributed by atoms with Gasteiger partial charge in [-0.3, -0.25) is 4.79 Å². The number of nitrogens with zero attached hydrogens (tertiary/aromatic N) is 2. The van der Waals surface area contributed by atoms with E-state index in [1.165, 1.54) is 12.1 Å². The molecule has 1 heterocycles. The number of piperazine rings is 1. The molecular weight excluding hydrogens is 343 g/mol. The summed E-state index contributed by atoms with van der Waals surface area (Å²) >= 11 is 5.92. The Morgan fingerprint density at radius 2 is 1.80 bits per heavy atom. The number of amides is 1. The predicted octanol–water partition coefficient (Wildman–Crippen LogP) is 3.52. The largest absolute Gasteiger partial charge is 0.483 e. The average molecular weight is 363 g/mol. The van der Waals surface area contributed by atoms with Crippen molar-refractivity contribution in [3.63, 3.8) is 0 Å². The molecule has 0 atom stereocenters. The minimum atomic E-state index is -0.243. The number of benzene rings is 2. The Morgan fingerprint density at radius 1 is 1.12 bits per heavy atom. The van der Waals surface area contributed by atoms with E-state index in [0.29, 0.717) is 23.9 Å². The van der Waals surface area contributed by atoms with Crippen LogP contribution in [0.1, 0.15) is 5.56 Å². The van der Waals surface area contributed by atoms with Crippen LogP contribution < -0.4 is 9.64 Å². The zero-order valence-corrected chi connectivity index (χ0v) is 14.8. The summed E-state index contributed by atoms with van der Waals surface area (Å²) in [6.45, 7) is 4.60. The molecule has 0 unspecified atom stereocenters. The summed E-state index contributed by atoms with van der Waals surface area (Å²) in [5, 5.41) is 0.646. The molecule has 1 amide bonds. The van der Waals surface area contributed by atoms with Crippen molar-refractivity contribution >= 4 is 23.2 Å². The van der Waals surface area contributed by atoms with E-state index < -0.39 is 0 Å². The number of hydrogen-bond acceptors (Lipinski definition) is 3. The van der Waals surface area contributed by atoms with Crippen molar-refractivity contribution in [1.29, 1.82) is 0 Å².